The summed E-state index contributed by atoms with van der Waals surface area (Å²) in [7, 11) is 0. The normalized spacial score (nSPS) is 24.8. The van der Waals surface area contributed by atoms with E-state index in [0.717, 1.165) is 0 Å². The third kappa shape index (κ3) is 0.964. The Kier molecular flexibility index (Phi) is 1.47. The highest BCUT2D eigenvalue weighted by Gasteiger charge is 1.97. The molecule has 2 heteroatoms. The molecular weight excluding hydrogens is 100 g/mol. The maximum Gasteiger partial charge on any atom is 0.157 e. The second kappa shape index (κ2) is 2.31. The minimum atomic E-state index is -0.0417. The van der Waals surface area contributed by atoms with Crippen LogP contribution in [0.5, 0.6) is 0 Å². The first-order valence-electron chi connectivity index (χ1n) is 2.44. The van der Waals surface area contributed by atoms with Crippen molar-refractivity contribution in [2.75, 3.05) is 0 Å². The molecule has 0 N–H and O–H groups in total. The molecule has 0 aromatic carbocycles. The van der Waals surface area contributed by atoms with E-state index < -0.39 is 0 Å². The van der Waals surface area contributed by atoms with E-state index in [1.165, 1.54) is 0 Å². The van der Waals surface area contributed by atoms with Crippen LogP contribution >= 0.6 is 0 Å². The Morgan fingerprint density at radius 2 is 2.50 bits per heavy atom. The van der Waals surface area contributed by atoms with Crippen molar-refractivity contribution in [3.63, 3.8) is 0 Å². The molecule has 1 atom stereocenters. The Labute approximate surface area is 48.6 Å². The summed E-state index contributed by atoms with van der Waals surface area (Å²) in [4.78, 5) is 3.95. The molecule has 1 heterocycles. The van der Waals surface area contributed by atoms with Gasteiger partial charge in [-0.2, -0.15) is 0 Å². The van der Waals surface area contributed by atoms with Crippen molar-refractivity contribution in [1.82, 2.24) is 5.32 Å². The lowest BCUT2D eigenvalue weighted by Crippen LogP contribution is -2.13. The molecule has 0 aromatic rings. The molecule has 0 amide bonds. The van der Waals surface area contributed by atoms with E-state index >= 15 is 0 Å². The minimum Gasteiger partial charge on any atom is -0.262 e. The lowest BCUT2D eigenvalue weighted by molar-refractivity contribution is 0.722. The Bertz CT molecular complexity index is 135. The molecule has 1 aliphatic heterocycles. The van der Waals surface area contributed by atoms with Gasteiger partial charge in [0.25, 0.3) is 0 Å². The summed E-state index contributed by atoms with van der Waals surface area (Å²) in [6.45, 7) is 3.54. The van der Waals surface area contributed by atoms with Crippen LogP contribution in [0.2, 0.25) is 0 Å². The first-order valence-corrected chi connectivity index (χ1v) is 2.44. The van der Waals surface area contributed by atoms with Crippen molar-refractivity contribution in [2.45, 2.75) is 6.17 Å². The average molecular weight is 107 g/mol. The van der Waals surface area contributed by atoms with Crippen molar-refractivity contribution in [2.24, 2.45) is 4.99 Å². The van der Waals surface area contributed by atoms with Gasteiger partial charge in [-0.1, -0.05) is 6.58 Å². The standard InChI is InChI=1S/C6H7N2/c1-2-6-7-4-3-5-8-6/h2-6H,1H2. The van der Waals surface area contributed by atoms with E-state index in [-0.39, 0.29) is 6.17 Å². The minimum absolute atomic E-state index is 0.0417. The fraction of sp³-hybridized carbons (Fsp3) is 0.167. The van der Waals surface area contributed by atoms with E-state index in [4.69, 9.17) is 0 Å². The Morgan fingerprint density at radius 3 is 2.88 bits per heavy atom. The summed E-state index contributed by atoms with van der Waals surface area (Å²) < 4.78 is 0. The number of hydrogen-bond donors (Lipinski definition) is 0. The molecule has 1 aliphatic rings. The highest BCUT2D eigenvalue weighted by Crippen LogP contribution is 1.92. The van der Waals surface area contributed by atoms with Crippen LogP contribution in [0.15, 0.2) is 29.9 Å². The molecule has 0 saturated carbocycles. The zero-order chi connectivity index (χ0) is 5.82. The van der Waals surface area contributed by atoms with Gasteiger partial charge in [0.1, 0.15) is 0 Å². The number of rotatable bonds is 1. The van der Waals surface area contributed by atoms with Gasteiger partial charge in [-0.05, 0) is 12.2 Å². The summed E-state index contributed by atoms with van der Waals surface area (Å²) in [5.74, 6) is 0. The van der Waals surface area contributed by atoms with E-state index in [1.807, 2.05) is 0 Å². The lowest BCUT2D eigenvalue weighted by Gasteiger charge is -2.04. The first-order chi connectivity index (χ1) is 3.93. The van der Waals surface area contributed by atoms with Gasteiger partial charge in [0, 0.05) is 12.4 Å². The van der Waals surface area contributed by atoms with Gasteiger partial charge in [0.2, 0.25) is 0 Å². The Balaban J connectivity index is 2.51. The van der Waals surface area contributed by atoms with Crippen LogP contribution in [0.1, 0.15) is 0 Å². The predicted octanol–water partition coefficient (Wildman–Crippen LogP) is 0.701. The molecule has 41 valence electrons. The van der Waals surface area contributed by atoms with Gasteiger partial charge in [-0.3, -0.25) is 10.3 Å². The second-order valence-electron chi connectivity index (χ2n) is 1.44. The summed E-state index contributed by atoms with van der Waals surface area (Å²) in [5, 5.41) is 3.95. The summed E-state index contributed by atoms with van der Waals surface area (Å²) in [6.07, 6.45) is 6.89. The smallest absolute Gasteiger partial charge is 0.157 e. The van der Waals surface area contributed by atoms with Crippen LogP contribution in [-0.2, 0) is 0 Å². The number of allylic oxidation sites excluding steroid dienone is 1. The molecule has 0 bridgehead atoms. The highest BCUT2D eigenvalue weighted by molar-refractivity contribution is 5.72. The Morgan fingerprint density at radius 1 is 1.62 bits per heavy atom. The van der Waals surface area contributed by atoms with Crippen molar-refractivity contribution >= 4 is 6.21 Å². The van der Waals surface area contributed by atoms with E-state index in [0.29, 0.717) is 0 Å². The zero-order valence-corrected chi connectivity index (χ0v) is 4.49. The number of hydrogen-bond acceptors (Lipinski definition) is 1. The molecule has 8 heavy (non-hydrogen) atoms. The highest BCUT2D eigenvalue weighted by atomic mass is 15.1. The van der Waals surface area contributed by atoms with Gasteiger partial charge in [0.15, 0.2) is 6.17 Å². The molecule has 0 saturated heterocycles. The average Bonchev–Trinajstić information content (AvgIpc) is 1.90. The third-order valence-electron chi connectivity index (χ3n) is 0.861. The maximum absolute atomic E-state index is 3.95. The fourth-order valence-electron chi connectivity index (χ4n) is 0.474. The predicted molar refractivity (Wildman–Crippen MR) is 33.8 cm³/mol. The first kappa shape index (κ1) is 5.09. The number of aliphatic imine (C=N–C) groups is 1. The lowest BCUT2D eigenvalue weighted by atomic mass is 10.4. The molecular formula is C6H7N2. The molecule has 0 fully saturated rings. The van der Waals surface area contributed by atoms with E-state index in [9.17, 15) is 0 Å². The molecule has 0 spiro atoms. The molecule has 2 nitrogen and oxygen atoms in total. The van der Waals surface area contributed by atoms with E-state index in [2.05, 4.69) is 16.9 Å². The monoisotopic (exact) mass is 107 g/mol. The molecule has 0 aliphatic carbocycles. The van der Waals surface area contributed by atoms with Crippen LogP contribution in [0.25, 0.3) is 0 Å². The van der Waals surface area contributed by atoms with Crippen molar-refractivity contribution in [1.29, 1.82) is 0 Å². The Hall–Kier alpha value is -1.05. The van der Waals surface area contributed by atoms with E-state index in [1.54, 1.807) is 24.6 Å². The SMILES string of the molecule is C=CC1[N]C=CC=N1. The zero-order valence-electron chi connectivity index (χ0n) is 4.49. The molecule has 1 unspecified atom stereocenters. The van der Waals surface area contributed by atoms with Crippen LogP contribution in [0.3, 0.4) is 0 Å². The number of nitrogens with zero attached hydrogens (tertiary/aromatic N) is 2. The fourth-order valence-corrected chi connectivity index (χ4v) is 0.474. The van der Waals surface area contributed by atoms with Gasteiger partial charge in [-0.25, -0.2) is 0 Å². The van der Waals surface area contributed by atoms with Crippen LogP contribution in [0, 0.1) is 0 Å². The van der Waals surface area contributed by atoms with Crippen LogP contribution in [-0.4, -0.2) is 12.4 Å². The van der Waals surface area contributed by atoms with Crippen molar-refractivity contribution in [3.8, 4) is 0 Å². The second-order valence-corrected chi connectivity index (χ2v) is 1.44. The largest absolute Gasteiger partial charge is 0.262 e. The third-order valence-corrected chi connectivity index (χ3v) is 0.861. The van der Waals surface area contributed by atoms with Crippen molar-refractivity contribution in [3.05, 3.63) is 24.9 Å². The van der Waals surface area contributed by atoms with Crippen LogP contribution in [0.4, 0.5) is 0 Å². The summed E-state index contributed by atoms with van der Waals surface area (Å²) in [5.41, 5.74) is 0. The summed E-state index contributed by atoms with van der Waals surface area (Å²) >= 11 is 0. The molecule has 0 aromatic heterocycles. The van der Waals surface area contributed by atoms with Gasteiger partial charge >= 0.3 is 0 Å². The summed E-state index contributed by atoms with van der Waals surface area (Å²) in [6, 6.07) is 0. The molecule has 1 rings (SSSR count). The van der Waals surface area contributed by atoms with Gasteiger partial charge in [-0.15, -0.1) is 0 Å². The van der Waals surface area contributed by atoms with Crippen LogP contribution < -0.4 is 5.32 Å². The quantitative estimate of drug-likeness (QED) is 0.441. The maximum atomic E-state index is 3.95. The van der Waals surface area contributed by atoms with Crippen molar-refractivity contribution < 1.29 is 0 Å². The van der Waals surface area contributed by atoms with Gasteiger partial charge < -0.3 is 0 Å². The van der Waals surface area contributed by atoms with Gasteiger partial charge in [0.05, 0.1) is 0 Å². The topological polar surface area (TPSA) is 26.5 Å². The molecule has 1 radical (unpaired) electrons.